The molecule has 158 valence electrons. The molecule has 30 heavy (non-hydrogen) atoms. The number of rotatable bonds is 4. The highest BCUT2D eigenvalue weighted by atomic mass is 16.2. The van der Waals surface area contributed by atoms with Crippen molar-refractivity contribution in [1.29, 1.82) is 5.26 Å². The molecule has 0 aliphatic carbocycles. The number of hydrogen-bond donors (Lipinski definition) is 1. The van der Waals surface area contributed by atoms with Gasteiger partial charge >= 0.3 is 5.69 Å². The number of piperidine rings is 1. The summed E-state index contributed by atoms with van der Waals surface area (Å²) in [6, 6.07) is 9.97. The monoisotopic (exact) mass is 409 g/mol. The average molecular weight is 409 g/mol. The van der Waals surface area contributed by atoms with Crippen molar-refractivity contribution in [2.24, 2.45) is 12.8 Å². The highest BCUT2D eigenvalue weighted by molar-refractivity contribution is 5.75. The molecule has 1 saturated heterocycles. The van der Waals surface area contributed by atoms with Gasteiger partial charge in [-0.2, -0.15) is 14.8 Å². The predicted octanol–water partition coefficient (Wildman–Crippen LogP) is 1.03. The van der Waals surface area contributed by atoms with Crippen molar-refractivity contribution in [1.82, 2.24) is 18.7 Å². The summed E-state index contributed by atoms with van der Waals surface area (Å²) in [5, 5.41) is 9.51. The lowest BCUT2D eigenvalue weighted by Crippen LogP contribution is -2.44. The summed E-state index contributed by atoms with van der Waals surface area (Å²) in [5.41, 5.74) is 6.49. The number of fused-ring (bicyclic) bond motifs is 1. The van der Waals surface area contributed by atoms with Gasteiger partial charge in [0.1, 0.15) is 0 Å². The summed E-state index contributed by atoms with van der Waals surface area (Å²) in [5.74, 6) is 0.581. The number of nitriles is 1. The van der Waals surface area contributed by atoms with Crippen LogP contribution in [0, 0.1) is 11.5 Å². The van der Waals surface area contributed by atoms with E-state index in [1.54, 1.807) is 0 Å². The molecule has 0 amide bonds. The van der Waals surface area contributed by atoms with Crippen molar-refractivity contribution in [2.75, 3.05) is 18.0 Å². The fourth-order valence-electron chi connectivity index (χ4n) is 3.90. The van der Waals surface area contributed by atoms with E-state index in [-0.39, 0.29) is 24.6 Å². The molecular weight excluding hydrogens is 382 g/mol. The smallest absolute Gasteiger partial charge is 0.341 e. The van der Waals surface area contributed by atoms with Crippen LogP contribution in [0.15, 0.2) is 39.9 Å². The predicted molar refractivity (Wildman–Crippen MR) is 117 cm³/mol. The second-order valence-corrected chi connectivity index (χ2v) is 7.40. The van der Waals surface area contributed by atoms with Gasteiger partial charge in [0.25, 0.3) is 5.56 Å². The van der Waals surface area contributed by atoms with Crippen LogP contribution in [0.4, 0.5) is 5.95 Å². The molecule has 1 atom stereocenters. The molecule has 2 N–H and O–H groups in total. The summed E-state index contributed by atoms with van der Waals surface area (Å²) in [4.78, 5) is 32.0. The van der Waals surface area contributed by atoms with E-state index in [1.165, 1.54) is 7.05 Å². The van der Waals surface area contributed by atoms with Gasteiger partial charge in [-0.1, -0.05) is 37.8 Å². The van der Waals surface area contributed by atoms with Crippen LogP contribution in [0.2, 0.25) is 0 Å². The van der Waals surface area contributed by atoms with E-state index >= 15 is 0 Å². The van der Waals surface area contributed by atoms with Crippen molar-refractivity contribution < 1.29 is 0 Å². The zero-order chi connectivity index (χ0) is 20.5. The van der Waals surface area contributed by atoms with Crippen LogP contribution in [-0.2, 0) is 20.0 Å². The quantitative estimate of drug-likeness (QED) is 0.688. The Morgan fingerprint density at radius 3 is 2.67 bits per heavy atom. The van der Waals surface area contributed by atoms with Crippen molar-refractivity contribution in [2.45, 2.75) is 39.3 Å². The Balaban J connectivity index is 0.00000256. The van der Waals surface area contributed by atoms with Crippen molar-refractivity contribution >= 4 is 17.1 Å². The molecule has 0 saturated carbocycles. The maximum atomic E-state index is 12.9. The number of hydrogen-bond acceptors (Lipinski definition) is 6. The first kappa shape index (κ1) is 21.3. The molecule has 0 spiro atoms. The molecule has 1 fully saturated rings. The third-order valence-electron chi connectivity index (χ3n) is 5.43. The van der Waals surface area contributed by atoms with E-state index in [0.29, 0.717) is 25.5 Å². The zero-order valence-corrected chi connectivity index (χ0v) is 16.3. The summed E-state index contributed by atoms with van der Waals surface area (Å²) in [7, 11) is 1.38. The number of benzene rings is 1. The fourth-order valence-corrected chi connectivity index (χ4v) is 3.90. The number of aryl methyl sites for hydroxylation is 2. The van der Waals surface area contributed by atoms with Gasteiger partial charge in [-0.25, -0.2) is 4.79 Å². The van der Waals surface area contributed by atoms with Gasteiger partial charge in [0.2, 0.25) is 5.95 Å². The number of aromatic nitrogens is 4. The van der Waals surface area contributed by atoms with E-state index in [1.807, 2.05) is 46.0 Å². The Hall–Kier alpha value is -3.38. The lowest BCUT2D eigenvalue weighted by Gasteiger charge is -2.31. The summed E-state index contributed by atoms with van der Waals surface area (Å²) in [6.45, 7) is 1.88. The largest absolute Gasteiger partial charge is 0.346 e. The van der Waals surface area contributed by atoms with Gasteiger partial charge in [-0.05, 0) is 24.8 Å². The molecule has 9 nitrogen and oxygen atoms in total. The van der Waals surface area contributed by atoms with Gasteiger partial charge in [0.05, 0.1) is 0 Å². The lowest BCUT2D eigenvalue weighted by atomic mass is 10.1. The van der Waals surface area contributed by atoms with E-state index in [4.69, 9.17) is 5.73 Å². The zero-order valence-electron chi connectivity index (χ0n) is 16.3. The van der Waals surface area contributed by atoms with Gasteiger partial charge in [0, 0.05) is 32.7 Å². The lowest BCUT2D eigenvalue weighted by molar-refractivity contribution is 0.493. The topological polar surface area (TPSA) is 115 Å². The van der Waals surface area contributed by atoms with Crippen LogP contribution in [-0.4, -0.2) is 37.8 Å². The number of anilines is 1. The van der Waals surface area contributed by atoms with E-state index in [0.717, 1.165) is 34.1 Å². The highest BCUT2D eigenvalue weighted by Crippen LogP contribution is 2.23. The molecule has 9 heteroatoms. The summed E-state index contributed by atoms with van der Waals surface area (Å²) < 4.78 is 3.66. The maximum Gasteiger partial charge on any atom is 0.346 e. The van der Waals surface area contributed by atoms with Gasteiger partial charge < -0.3 is 15.2 Å². The van der Waals surface area contributed by atoms with Crippen molar-refractivity contribution in [3.63, 3.8) is 0 Å². The summed E-state index contributed by atoms with van der Waals surface area (Å²) in [6.07, 6.45) is 4.40. The van der Waals surface area contributed by atoms with Crippen molar-refractivity contribution in [3.8, 4) is 6.19 Å². The first-order chi connectivity index (χ1) is 14.0. The van der Waals surface area contributed by atoms with E-state index in [9.17, 15) is 14.9 Å². The normalized spacial score (nSPS) is 16.3. The van der Waals surface area contributed by atoms with Gasteiger partial charge in [0.15, 0.2) is 17.4 Å². The van der Waals surface area contributed by atoms with Gasteiger partial charge in [-0.3, -0.25) is 9.36 Å². The molecule has 0 radical (unpaired) electrons. The Morgan fingerprint density at radius 2 is 2.00 bits per heavy atom. The molecule has 3 aromatic rings. The first-order valence-electron chi connectivity index (χ1n) is 9.68. The second-order valence-electron chi connectivity index (χ2n) is 7.40. The molecule has 1 unspecified atom stereocenters. The first-order valence-corrected chi connectivity index (χ1v) is 9.68. The highest BCUT2D eigenvalue weighted by Gasteiger charge is 2.26. The minimum Gasteiger partial charge on any atom is -0.341 e. The molecular formula is C21H27N7O2. The second kappa shape index (κ2) is 8.55. The molecule has 1 aliphatic rings. The number of imidazole rings is 1. The molecule has 1 aliphatic heterocycles. The van der Waals surface area contributed by atoms with Crippen LogP contribution in [0.3, 0.4) is 0 Å². The molecule has 3 heterocycles. The Morgan fingerprint density at radius 1 is 1.27 bits per heavy atom. The van der Waals surface area contributed by atoms with Crippen LogP contribution in [0.5, 0.6) is 0 Å². The minimum absolute atomic E-state index is 0. The molecule has 1 aromatic carbocycles. The SMILES string of the molecule is C.Cn1c(=O)c2c(nc(N3CCCC(N)C3)n2CCc2ccccc2)n(C#N)c1=O. The third-order valence-corrected chi connectivity index (χ3v) is 5.43. The molecule has 0 bridgehead atoms. The fraction of sp³-hybridized carbons (Fsp3) is 0.429. The van der Waals surface area contributed by atoms with Crippen molar-refractivity contribution in [3.05, 3.63) is 56.7 Å². The van der Waals surface area contributed by atoms with Crippen LogP contribution in [0.25, 0.3) is 11.2 Å². The maximum absolute atomic E-state index is 12.9. The Kier molecular flexibility index (Phi) is 6.08. The van der Waals surface area contributed by atoms with Crippen LogP contribution >= 0.6 is 0 Å². The number of nitrogens with two attached hydrogens (primary N) is 1. The Bertz CT molecular complexity index is 1200. The third kappa shape index (κ3) is 3.62. The molecule has 2 aromatic heterocycles. The van der Waals surface area contributed by atoms with E-state index < -0.39 is 11.2 Å². The summed E-state index contributed by atoms with van der Waals surface area (Å²) >= 11 is 0. The standard InChI is InChI=1S/C20H23N7O2.CH4/c1-24-18(28)16-17(27(13-21)20(24)29)23-19(25-10-5-8-15(22)12-25)26(16)11-9-14-6-3-2-4-7-14;/h2-4,6-7,15H,5,8-12,22H2,1H3;1H4. The van der Waals surface area contributed by atoms with Gasteiger partial charge in [-0.15, -0.1) is 0 Å². The van der Waals surface area contributed by atoms with Crippen LogP contribution in [0.1, 0.15) is 25.8 Å². The number of nitrogens with zero attached hydrogens (tertiary/aromatic N) is 6. The van der Waals surface area contributed by atoms with E-state index in [2.05, 4.69) is 4.98 Å². The molecule has 4 rings (SSSR count). The Labute approximate surface area is 174 Å². The average Bonchev–Trinajstić information content (AvgIpc) is 3.11. The van der Waals surface area contributed by atoms with Crippen LogP contribution < -0.4 is 21.9 Å². The minimum atomic E-state index is -0.695.